The molecule has 0 atom stereocenters. The molecule has 1 saturated heterocycles. The molecule has 0 unspecified atom stereocenters. The first-order valence-corrected chi connectivity index (χ1v) is 13.1. The fourth-order valence-corrected chi connectivity index (χ4v) is 5.98. The molecule has 11 heteroatoms. The molecule has 2 aromatic rings. The van der Waals surface area contributed by atoms with Crippen LogP contribution in [0.15, 0.2) is 29.2 Å². The van der Waals surface area contributed by atoms with E-state index in [-0.39, 0.29) is 31.8 Å². The van der Waals surface area contributed by atoms with Crippen LogP contribution in [0.5, 0.6) is 11.5 Å². The number of halogens is 2. The van der Waals surface area contributed by atoms with Crippen molar-refractivity contribution in [3.05, 3.63) is 45.4 Å². The molecule has 0 saturated carbocycles. The Hall–Kier alpha value is -2.51. The van der Waals surface area contributed by atoms with Gasteiger partial charge in [0.1, 0.15) is 11.0 Å². The van der Waals surface area contributed by atoms with E-state index < -0.39 is 15.9 Å². The highest BCUT2D eigenvalue weighted by Crippen LogP contribution is 2.35. The minimum Gasteiger partial charge on any atom is -0.490 e. The van der Waals surface area contributed by atoms with Crippen molar-refractivity contribution in [3.63, 3.8) is 0 Å². The number of carbonyl (C=O) groups is 1. The van der Waals surface area contributed by atoms with Gasteiger partial charge in [0.2, 0.25) is 10.0 Å². The van der Waals surface area contributed by atoms with Gasteiger partial charge in [-0.15, -0.1) is 0 Å². The number of sulfonamides is 1. The van der Waals surface area contributed by atoms with Gasteiger partial charge in [0, 0.05) is 25.2 Å². The van der Waals surface area contributed by atoms with Crippen molar-refractivity contribution in [3.8, 4) is 17.6 Å². The number of rotatable bonds is 8. The van der Waals surface area contributed by atoms with Crippen LogP contribution < -0.4 is 14.8 Å². The Bertz CT molecular complexity index is 1220. The van der Waals surface area contributed by atoms with Crippen LogP contribution in [0.3, 0.4) is 0 Å². The first-order valence-electron chi connectivity index (χ1n) is 10.9. The number of amides is 1. The number of anilines is 1. The van der Waals surface area contributed by atoms with E-state index in [1.54, 1.807) is 13.8 Å². The highest BCUT2D eigenvalue weighted by atomic mass is 35.5. The zero-order valence-electron chi connectivity index (χ0n) is 18.9. The second-order valence-electron chi connectivity index (χ2n) is 7.50. The van der Waals surface area contributed by atoms with E-state index in [1.807, 2.05) is 6.07 Å². The Balaban J connectivity index is 1.99. The lowest BCUT2D eigenvalue weighted by Gasteiger charge is -2.26. The fraction of sp³-hybridized carbons (Fsp3) is 0.391. The second-order valence-corrected chi connectivity index (χ2v) is 10.2. The van der Waals surface area contributed by atoms with Crippen LogP contribution >= 0.6 is 23.2 Å². The van der Waals surface area contributed by atoms with E-state index in [2.05, 4.69) is 5.32 Å². The Morgan fingerprint density at radius 2 is 1.65 bits per heavy atom. The van der Waals surface area contributed by atoms with Gasteiger partial charge in [0.15, 0.2) is 11.5 Å². The van der Waals surface area contributed by atoms with Crippen LogP contribution in [-0.4, -0.2) is 44.9 Å². The van der Waals surface area contributed by atoms with Crippen LogP contribution in [0.4, 0.5) is 5.69 Å². The maximum Gasteiger partial charge on any atom is 0.257 e. The molecule has 0 radical (unpaired) electrons. The SMILES string of the molecule is CCOc1cc(C#N)c(NC(=O)c2cc(S(=O)(=O)N3CCCCC3)c(Cl)cc2Cl)cc1OCC. The summed E-state index contributed by atoms with van der Waals surface area (Å²) in [6.45, 7) is 5.09. The number of hydrogen-bond donors (Lipinski definition) is 1. The molecule has 1 amide bonds. The summed E-state index contributed by atoms with van der Waals surface area (Å²) < 4.78 is 38.8. The Kier molecular flexibility index (Phi) is 8.66. The molecular weight excluding hydrogens is 501 g/mol. The Labute approximate surface area is 209 Å². The van der Waals surface area contributed by atoms with E-state index in [4.69, 9.17) is 32.7 Å². The summed E-state index contributed by atoms with van der Waals surface area (Å²) in [6, 6.07) is 7.39. The zero-order valence-corrected chi connectivity index (χ0v) is 21.2. The molecule has 34 heavy (non-hydrogen) atoms. The lowest BCUT2D eigenvalue weighted by atomic mass is 10.1. The van der Waals surface area contributed by atoms with Crippen molar-refractivity contribution in [2.45, 2.75) is 38.0 Å². The molecule has 0 spiro atoms. The quantitative estimate of drug-likeness (QED) is 0.514. The molecule has 3 rings (SSSR count). The molecule has 2 aromatic carbocycles. The summed E-state index contributed by atoms with van der Waals surface area (Å²) >= 11 is 12.5. The first-order chi connectivity index (χ1) is 16.2. The monoisotopic (exact) mass is 525 g/mol. The molecule has 1 N–H and O–H groups in total. The van der Waals surface area contributed by atoms with Gasteiger partial charge in [-0.1, -0.05) is 29.6 Å². The van der Waals surface area contributed by atoms with E-state index in [1.165, 1.54) is 28.6 Å². The molecule has 1 fully saturated rings. The molecule has 182 valence electrons. The highest BCUT2D eigenvalue weighted by Gasteiger charge is 2.30. The molecule has 0 bridgehead atoms. The number of nitrogens with one attached hydrogen (secondary N) is 1. The number of nitriles is 1. The molecule has 1 aliphatic rings. The number of ether oxygens (including phenoxy) is 2. The van der Waals surface area contributed by atoms with Gasteiger partial charge in [0.05, 0.1) is 40.1 Å². The summed E-state index contributed by atoms with van der Waals surface area (Å²) in [6.07, 6.45) is 2.48. The van der Waals surface area contributed by atoms with E-state index in [0.29, 0.717) is 37.8 Å². The van der Waals surface area contributed by atoms with Crippen LogP contribution in [0.1, 0.15) is 49.0 Å². The average molecular weight is 526 g/mol. The third-order valence-corrected chi connectivity index (χ3v) is 7.93. The average Bonchev–Trinajstić information content (AvgIpc) is 2.81. The molecule has 8 nitrogen and oxygen atoms in total. The van der Waals surface area contributed by atoms with Gasteiger partial charge in [0.25, 0.3) is 5.91 Å². The van der Waals surface area contributed by atoms with Crippen LogP contribution in [0, 0.1) is 11.3 Å². The topological polar surface area (TPSA) is 109 Å². The highest BCUT2D eigenvalue weighted by molar-refractivity contribution is 7.89. The third-order valence-electron chi connectivity index (χ3n) is 5.25. The molecular formula is C23H25Cl2N3O5S. The van der Waals surface area contributed by atoms with Crippen molar-refractivity contribution in [2.75, 3.05) is 31.6 Å². The van der Waals surface area contributed by atoms with E-state index in [9.17, 15) is 18.5 Å². The summed E-state index contributed by atoms with van der Waals surface area (Å²) in [5.41, 5.74) is 0.231. The zero-order chi connectivity index (χ0) is 24.9. The van der Waals surface area contributed by atoms with Gasteiger partial charge < -0.3 is 14.8 Å². The minimum absolute atomic E-state index is 0.0189. The molecule has 1 heterocycles. The Morgan fingerprint density at radius 1 is 1.03 bits per heavy atom. The van der Waals surface area contributed by atoms with Crippen molar-refractivity contribution in [1.82, 2.24) is 4.31 Å². The molecule has 1 aliphatic heterocycles. The lowest BCUT2D eigenvalue weighted by Crippen LogP contribution is -2.35. The van der Waals surface area contributed by atoms with Gasteiger partial charge in [-0.25, -0.2) is 8.42 Å². The van der Waals surface area contributed by atoms with Gasteiger partial charge >= 0.3 is 0 Å². The van der Waals surface area contributed by atoms with Gasteiger partial charge in [-0.3, -0.25) is 4.79 Å². The molecule has 0 aliphatic carbocycles. The number of nitrogens with zero attached hydrogens (tertiary/aromatic N) is 2. The van der Waals surface area contributed by atoms with Crippen molar-refractivity contribution >= 4 is 44.8 Å². The van der Waals surface area contributed by atoms with Crippen molar-refractivity contribution in [1.29, 1.82) is 5.26 Å². The van der Waals surface area contributed by atoms with Crippen LogP contribution in [0.25, 0.3) is 0 Å². The van der Waals surface area contributed by atoms with Gasteiger partial charge in [-0.2, -0.15) is 9.57 Å². The van der Waals surface area contributed by atoms with E-state index >= 15 is 0 Å². The maximum atomic E-state index is 13.2. The fourth-order valence-electron chi connectivity index (χ4n) is 3.63. The Morgan fingerprint density at radius 3 is 2.24 bits per heavy atom. The summed E-state index contributed by atoms with van der Waals surface area (Å²) in [4.78, 5) is 12.9. The smallest absolute Gasteiger partial charge is 0.257 e. The normalized spacial score (nSPS) is 14.3. The number of benzene rings is 2. The number of carbonyl (C=O) groups excluding carboxylic acids is 1. The van der Waals surface area contributed by atoms with Crippen molar-refractivity contribution < 1.29 is 22.7 Å². The summed E-state index contributed by atoms with van der Waals surface area (Å²) in [7, 11) is -3.90. The minimum atomic E-state index is -3.90. The summed E-state index contributed by atoms with van der Waals surface area (Å²) in [5.74, 6) is 0.0347. The standard InChI is InChI=1S/C23H25Cl2N3O5S/c1-3-32-20-10-15(14-26)19(13-21(20)33-4-2)27-23(29)16-11-22(18(25)12-17(16)24)34(30,31)28-8-6-5-7-9-28/h10-13H,3-9H2,1-2H3,(H,27,29). The predicted molar refractivity (Wildman–Crippen MR) is 131 cm³/mol. The van der Waals surface area contributed by atoms with Crippen molar-refractivity contribution in [2.24, 2.45) is 0 Å². The lowest BCUT2D eigenvalue weighted by molar-refractivity contribution is 0.102. The maximum absolute atomic E-state index is 13.2. The van der Waals surface area contributed by atoms with Crippen LogP contribution in [-0.2, 0) is 10.0 Å². The predicted octanol–water partition coefficient (Wildman–Crippen LogP) is 5.09. The second kappa shape index (κ2) is 11.3. The summed E-state index contributed by atoms with van der Waals surface area (Å²) in [5, 5.41) is 12.1. The third kappa shape index (κ3) is 5.58. The van der Waals surface area contributed by atoms with Crippen LogP contribution in [0.2, 0.25) is 10.0 Å². The van der Waals surface area contributed by atoms with E-state index in [0.717, 1.165) is 19.3 Å². The largest absolute Gasteiger partial charge is 0.490 e. The number of piperidine rings is 1. The number of hydrogen-bond acceptors (Lipinski definition) is 6. The first kappa shape index (κ1) is 26.1. The molecule has 0 aromatic heterocycles. The van der Waals surface area contributed by atoms with Gasteiger partial charge in [-0.05, 0) is 38.8 Å².